The highest BCUT2D eigenvalue weighted by molar-refractivity contribution is 5.80. The monoisotopic (exact) mass is 343 g/mol. The molecule has 0 N–H and O–H groups in total. The molecule has 3 fully saturated rings. The molecule has 1 aromatic rings. The second-order valence-electron chi connectivity index (χ2n) is 7.98. The third kappa shape index (κ3) is 3.44. The maximum absolute atomic E-state index is 13.1. The average Bonchev–Trinajstić information content (AvgIpc) is 3.22. The molecule has 4 rings (SSSR count). The van der Waals surface area contributed by atoms with Crippen molar-refractivity contribution in [2.75, 3.05) is 39.4 Å². The van der Waals surface area contributed by atoms with Crippen LogP contribution in [0.2, 0.25) is 0 Å². The van der Waals surface area contributed by atoms with Crippen LogP contribution < -0.4 is 0 Å². The van der Waals surface area contributed by atoms with Crippen LogP contribution >= 0.6 is 0 Å². The summed E-state index contributed by atoms with van der Waals surface area (Å²) in [7, 11) is 0. The van der Waals surface area contributed by atoms with E-state index in [9.17, 15) is 4.79 Å². The molecule has 1 aromatic heterocycles. The summed E-state index contributed by atoms with van der Waals surface area (Å²) in [6.45, 7) is 7.99. The summed E-state index contributed by atoms with van der Waals surface area (Å²) >= 11 is 0. The number of amides is 1. The van der Waals surface area contributed by atoms with E-state index in [0.717, 1.165) is 57.0 Å². The van der Waals surface area contributed by atoms with E-state index in [1.54, 1.807) is 0 Å². The number of carbonyl (C=O) groups is 1. The minimum absolute atomic E-state index is 0.194. The van der Waals surface area contributed by atoms with Gasteiger partial charge in [-0.25, -0.2) is 0 Å². The molecule has 0 aromatic carbocycles. The van der Waals surface area contributed by atoms with Crippen LogP contribution in [0.25, 0.3) is 0 Å². The van der Waals surface area contributed by atoms with Gasteiger partial charge in [-0.15, -0.1) is 0 Å². The zero-order valence-corrected chi connectivity index (χ0v) is 15.2. The summed E-state index contributed by atoms with van der Waals surface area (Å²) in [5.41, 5.74) is 2.41. The molecule has 25 heavy (non-hydrogen) atoms. The van der Waals surface area contributed by atoms with E-state index in [4.69, 9.17) is 4.74 Å². The highest BCUT2D eigenvalue weighted by Crippen LogP contribution is 2.50. The first-order valence-electron chi connectivity index (χ1n) is 9.68. The molecule has 5 heteroatoms. The molecular formula is C20H29N3O2. The molecule has 1 spiro atoms. The number of hydrogen-bond acceptors (Lipinski definition) is 4. The number of aromatic nitrogens is 1. The van der Waals surface area contributed by atoms with Crippen molar-refractivity contribution in [3.8, 4) is 0 Å². The van der Waals surface area contributed by atoms with Crippen LogP contribution in [0.1, 0.15) is 37.1 Å². The number of carbonyl (C=O) groups excluding carboxylic acids is 1. The van der Waals surface area contributed by atoms with Crippen molar-refractivity contribution in [3.63, 3.8) is 0 Å². The number of aryl methyl sites for hydroxylation is 1. The third-order valence-corrected chi connectivity index (χ3v) is 6.32. The van der Waals surface area contributed by atoms with Crippen LogP contribution in [0.3, 0.4) is 0 Å². The Kier molecular flexibility index (Phi) is 4.78. The summed E-state index contributed by atoms with van der Waals surface area (Å²) in [5.74, 6) is 0.595. The predicted molar refractivity (Wildman–Crippen MR) is 96.0 cm³/mol. The van der Waals surface area contributed by atoms with Gasteiger partial charge in [-0.1, -0.05) is 12.5 Å². The number of nitrogens with zero attached hydrogens (tertiary/aromatic N) is 3. The SMILES string of the molecule is Cc1cccc(CN2CCC3(CCCC3C(=O)N3CCOCC3)C2)n1. The minimum atomic E-state index is 0.194. The summed E-state index contributed by atoms with van der Waals surface area (Å²) in [5, 5.41) is 0. The van der Waals surface area contributed by atoms with E-state index in [2.05, 4.69) is 22.0 Å². The van der Waals surface area contributed by atoms with E-state index in [0.29, 0.717) is 19.1 Å². The number of pyridine rings is 1. The van der Waals surface area contributed by atoms with Crippen LogP contribution in [0.15, 0.2) is 18.2 Å². The Balaban J connectivity index is 1.43. The maximum Gasteiger partial charge on any atom is 0.226 e. The van der Waals surface area contributed by atoms with Gasteiger partial charge in [0.2, 0.25) is 5.91 Å². The van der Waals surface area contributed by atoms with Gasteiger partial charge in [0, 0.05) is 37.8 Å². The first-order chi connectivity index (χ1) is 12.2. The van der Waals surface area contributed by atoms with Gasteiger partial charge in [0.1, 0.15) is 0 Å². The molecule has 2 atom stereocenters. The fourth-order valence-electron chi connectivity index (χ4n) is 5.05. The standard InChI is InChI=1S/C20H29N3O2/c1-16-4-2-5-17(21-16)14-22-9-8-20(15-22)7-3-6-18(20)19(24)23-10-12-25-13-11-23/h2,4-5,18H,3,6-15H2,1H3. The molecule has 0 bridgehead atoms. The number of hydrogen-bond donors (Lipinski definition) is 0. The molecule has 2 unspecified atom stereocenters. The third-order valence-electron chi connectivity index (χ3n) is 6.32. The topological polar surface area (TPSA) is 45.7 Å². The predicted octanol–water partition coefficient (Wildman–Crippen LogP) is 2.24. The Labute approximate surface area is 150 Å². The second-order valence-corrected chi connectivity index (χ2v) is 7.98. The molecule has 3 aliphatic rings. The van der Waals surface area contributed by atoms with Crippen LogP contribution in [-0.4, -0.2) is 60.1 Å². The Morgan fingerprint density at radius 1 is 1.28 bits per heavy atom. The maximum atomic E-state index is 13.1. The van der Waals surface area contributed by atoms with E-state index in [1.165, 1.54) is 12.8 Å². The van der Waals surface area contributed by atoms with Gasteiger partial charge in [-0.2, -0.15) is 0 Å². The van der Waals surface area contributed by atoms with Gasteiger partial charge in [-0.3, -0.25) is 14.7 Å². The molecule has 0 radical (unpaired) electrons. The minimum Gasteiger partial charge on any atom is -0.378 e. The van der Waals surface area contributed by atoms with Crippen LogP contribution in [0.4, 0.5) is 0 Å². The molecular weight excluding hydrogens is 314 g/mol. The molecule has 1 saturated carbocycles. The average molecular weight is 343 g/mol. The van der Waals surface area contributed by atoms with E-state index in [-0.39, 0.29) is 11.3 Å². The molecule has 1 aliphatic carbocycles. The van der Waals surface area contributed by atoms with Crippen molar-refractivity contribution in [1.29, 1.82) is 0 Å². The Morgan fingerprint density at radius 3 is 2.92 bits per heavy atom. The summed E-state index contributed by atoms with van der Waals surface area (Å²) in [6, 6.07) is 6.25. The van der Waals surface area contributed by atoms with Crippen LogP contribution in [0.5, 0.6) is 0 Å². The normalized spacial score (nSPS) is 30.3. The molecule has 136 valence electrons. The lowest BCUT2D eigenvalue weighted by Gasteiger charge is -2.36. The lowest BCUT2D eigenvalue weighted by Crippen LogP contribution is -2.47. The smallest absolute Gasteiger partial charge is 0.226 e. The summed E-state index contributed by atoms with van der Waals surface area (Å²) in [4.78, 5) is 22.3. The lowest BCUT2D eigenvalue weighted by atomic mass is 9.76. The van der Waals surface area contributed by atoms with Gasteiger partial charge in [-0.05, 0) is 50.3 Å². The molecule has 1 amide bonds. The fraction of sp³-hybridized carbons (Fsp3) is 0.700. The Hall–Kier alpha value is -1.46. The number of likely N-dealkylation sites (tertiary alicyclic amines) is 1. The Morgan fingerprint density at radius 2 is 2.12 bits per heavy atom. The van der Waals surface area contributed by atoms with E-state index in [1.807, 2.05) is 17.9 Å². The summed E-state index contributed by atoms with van der Waals surface area (Å²) < 4.78 is 5.41. The molecule has 2 aliphatic heterocycles. The van der Waals surface area contributed by atoms with Crippen molar-refractivity contribution >= 4 is 5.91 Å². The second kappa shape index (κ2) is 7.04. The first-order valence-corrected chi connectivity index (χ1v) is 9.68. The quantitative estimate of drug-likeness (QED) is 0.844. The van der Waals surface area contributed by atoms with Crippen molar-refractivity contribution in [2.45, 2.75) is 39.2 Å². The molecule has 5 nitrogen and oxygen atoms in total. The summed E-state index contributed by atoms with van der Waals surface area (Å²) in [6.07, 6.45) is 4.61. The lowest BCUT2D eigenvalue weighted by molar-refractivity contribution is -0.143. The number of morpholine rings is 1. The number of rotatable bonds is 3. The van der Waals surface area contributed by atoms with Crippen molar-refractivity contribution in [1.82, 2.24) is 14.8 Å². The Bertz CT molecular complexity index is 629. The first kappa shape index (κ1) is 17.0. The van der Waals surface area contributed by atoms with E-state index >= 15 is 0 Å². The molecule has 2 saturated heterocycles. The van der Waals surface area contributed by atoms with Gasteiger partial charge in [0.15, 0.2) is 0 Å². The fourth-order valence-corrected chi connectivity index (χ4v) is 5.05. The van der Waals surface area contributed by atoms with Gasteiger partial charge in [0.25, 0.3) is 0 Å². The largest absolute Gasteiger partial charge is 0.378 e. The number of ether oxygens (including phenoxy) is 1. The van der Waals surface area contributed by atoms with Crippen LogP contribution in [-0.2, 0) is 16.1 Å². The van der Waals surface area contributed by atoms with Gasteiger partial charge >= 0.3 is 0 Å². The van der Waals surface area contributed by atoms with Crippen LogP contribution in [0, 0.1) is 18.3 Å². The zero-order valence-electron chi connectivity index (χ0n) is 15.2. The molecule has 3 heterocycles. The van der Waals surface area contributed by atoms with Crippen molar-refractivity contribution in [2.24, 2.45) is 11.3 Å². The van der Waals surface area contributed by atoms with Crippen molar-refractivity contribution in [3.05, 3.63) is 29.6 Å². The van der Waals surface area contributed by atoms with E-state index < -0.39 is 0 Å². The van der Waals surface area contributed by atoms with Gasteiger partial charge < -0.3 is 9.64 Å². The van der Waals surface area contributed by atoms with Crippen molar-refractivity contribution < 1.29 is 9.53 Å². The zero-order chi connectivity index (χ0) is 17.3. The highest BCUT2D eigenvalue weighted by Gasteiger charge is 2.51. The van der Waals surface area contributed by atoms with Gasteiger partial charge in [0.05, 0.1) is 18.9 Å². The highest BCUT2D eigenvalue weighted by atomic mass is 16.5.